The van der Waals surface area contributed by atoms with Gasteiger partial charge < -0.3 is 4.42 Å². The molecule has 1 aromatic heterocycles. The van der Waals surface area contributed by atoms with Crippen LogP contribution in [0.15, 0.2) is 15.2 Å². The van der Waals surface area contributed by atoms with E-state index in [2.05, 4.69) is 15.9 Å². The Morgan fingerprint density at radius 1 is 1.43 bits per heavy atom. The molecule has 14 heavy (non-hydrogen) atoms. The van der Waals surface area contributed by atoms with Crippen molar-refractivity contribution in [3.05, 3.63) is 22.1 Å². The molecule has 0 aliphatic rings. The number of hydrogen-bond acceptors (Lipinski definition) is 2. The molecule has 1 atom stereocenters. The Morgan fingerprint density at radius 3 is 2.36 bits per heavy atom. The van der Waals surface area contributed by atoms with Crippen LogP contribution in [0, 0.1) is 18.8 Å². The van der Waals surface area contributed by atoms with Crippen molar-refractivity contribution in [2.24, 2.45) is 11.8 Å². The van der Waals surface area contributed by atoms with Crippen LogP contribution in [-0.4, -0.2) is 5.78 Å². The van der Waals surface area contributed by atoms with E-state index < -0.39 is 0 Å². The molecule has 3 heteroatoms. The van der Waals surface area contributed by atoms with Gasteiger partial charge in [0.25, 0.3) is 0 Å². The second kappa shape index (κ2) is 4.30. The van der Waals surface area contributed by atoms with Crippen molar-refractivity contribution in [3.8, 4) is 0 Å². The van der Waals surface area contributed by atoms with Crippen LogP contribution in [0.1, 0.15) is 36.9 Å². The van der Waals surface area contributed by atoms with Gasteiger partial charge in [0.2, 0.25) is 0 Å². The average Bonchev–Trinajstić information content (AvgIpc) is 2.42. The highest BCUT2D eigenvalue weighted by Gasteiger charge is 2.22. The molecule has 0 spiro atoms. The quantitative estimate of drug-likeness (QED) is 0.772. The number of hydrogen-bond donors (Lipinski definition) is 0. The Kier molecular flexibility index (Phi) is 3.53. The molecule has 1 rings (SSSR count). The monoisotopic (exact) mass is 258 g/mol. The number of ketones is 1. The maximum Gasteiger partial charge on any atom is 0.170 e. The van der Waals surface area contributed by atoms with Crippen molar-refractivity contribution < 1.29 is 9.21 Å². The van der Waals surface area contributed by atoms with Crippen molar-refractivity contribution in [2.45, 2.75) is 27.7 Å². The van der Waals surface area contributed by atoms with Crippen molar-refractivity contribution >= 4 is 21.7 Å². The van der Waals surface area contributed by atoms with Gasteiger partial charge in [-0.2, -0.15) is 0 Å². The van der Waals surface area contributed by atoms with E-state index in [4.69, 9.17) is 4.42 Å². The van der Waals surface area contributed by atoms with Crippen molar-refractivity contribution in [2.75, 3.05) is 0 Å². The molecule has 0 fully saturated rings. The zero-order valence-corrected chi connectivity index (χ0v) is 10.5. The molecular formula is C11H15BrO2. The Bertz CT molecular complexity index is 339. The summed E-state index contributed by atoms with van der Waals surface area (Å²) in [5.74, 6) is 1.25. The van der Waals surface area contributed by atoms with Gasteiger partial charge in [-0.1, -0.05) is 20.8 Å². The molecule has 0 amide bonds. The summed E-state index contributed by atoms with van der Waals surface area (Å²) >= 11 is 3.22. The zero-order valence-electron chi connectivity index (χ0n) is 8.93. The van der Waals surface area contributed by atoms with Gasteiger partial charge in [0, 0.05) is 12.0 Å². The van der Waals surface area contributed by atoms with Gasteiger partial charge >= 0.3 is 0 Å². The standard InChI is InChI=1S/C11H15BrO2/c1-6(2)7(3)11(13)9-5-10(12)14-8(9)4/h5-7H,1-4H3. The van der Waals surface area contributed by atoms with Crippen molar-refractivity contribution in [1.29, 1.82) is 0 Å². The first-order chi connectivity index (χ1) is 6.43. The van der Waals surface area contributed by atoms with E-state index in [0.717, 1.165) is 0 Å². The third kappa shape index (κ3) is 2.27. The normalized spacial score (nSPS) is 13.3. The molecule has 0 aliphatic carbocycles. The highest BCUT2D eigenvalue weighted by molar-refractivity contribution is 9.10. The summed E-state index contributed by atoms with van der Waals surface area (Å²) in [6, 6.07) is 1.75. The van der Waals surface area contributed by atoms with E-state index in [1.807, 2.05) is 27.7 Å². The highest BCUT2D eigenvalue weighted by Crippen LogP contribution is 2.24. The lowest BCUT2D eigenvalue weighted by Crippen LogP contribution is -2.17. The lowest BCUT2D eigenvalue weighted by atomic mass is 9.90. The molecule has 0 aliphatic heterocycles. The molecule has 2 nitrogen and oxygen atoms in total. The summed E-state index contributed by atoms with van der Waals surface area (Å²) in [5, 5.41) is 0. The lowest BCUT2D eigenvalue weighted by Gasteiger charge is -2.12. The van der Waals surface area contributed by atoms with Gasteiger partial charge in [0.1, 0.15) is 5.76 Å². The molecule has 0 aromatic carbocycles. The van der Waals surface area contributed by atoms with E-state index in [9.17, 15) is 4.79 Å². The van der Waals surface area contributed by atoms with Crippen molar-refractivity contribution in [1.82, 2.24) is 0 Å². The molecule has 1 unspecified atom stereocenters. The molecule has 0 bridgehead atoms. The van der Waals surface area contributed by atoms with Gasteiger partial charge in [-0.3, -0.25) is 4.79 Å². The van der Waals surface area contributed by atoms with Crippen LogP contribution in [0.25, 0.3) is 0 Å². The molecule has 78 valence electrons. The molecule has 1 heterocycles. The SMILES string of the molecule is Cc1oc(Br)cc1C(=O)C(C)C(C)C. The summed E-state index contributed by atoms with van der Waals surface area (Å²) in [5.41, 5.74) is 0.693. The van der Waals surface area contributed by atoms with Gasteiger partial charge in [-0.05, 0) is 28.8 Å². The third-order valence-corrected chi connectivity index (χ3v) is 2.96. The Morgan fingerprint density at radius 2 is 2.00 bits per heavy atom. The maximum atomic E-state index is 11.9. The summed E-state index contributed by atoms with van der Waals surface area (Å²) in [7, 11) is 0. The minimum absolute atomic E-state index is 0.0400. The Hall–Kier alpha value is -0.570. The molecule has 0 radical (unpaired) electrons. The molecule has 0 saturated carbocycles. The van der Waals surface area contributed by atoms with Gasteiger partial charge in [0.15, 0.2) is 10.5 Å². The first-order valence-corrected chi connectivity index (χ1v) is 5.53. The minimum Gasteiger partial charge on any atom is -0.454 e. The van der Waals surface area contributed by atoms with Crippen LogP contribution in [0.2, 0.25) is 0 Å². The summed E-state index contributed by atoms with van der Waals surface area (Å²) in [6.07, 6.45) is 0. The average molecular weight is 259 g/mol. The van der Waals surface area contributed by atoms with E-state index >= 15 is 0 Å². The summed E-state index contributed by atoms with van der Waals surface area (Å²) in [4.78, 5) is 11.9. The van der Waals surface area contributed by atoms with Gasteiger partial charge in [0.05, 0.1) is 5.56 Å². The fourth-order valence-electron chi connectivity index (χ4n) is 1.24. The van der Waals surface area contributed by atoms with Gasteiger partial charge in [-0.15, -0.1) is 0 Å². The number of halogens is 1. The van der Waals surface area contributed by atoms with E-state index in [1.165, 1.54) is 0 Å². The summed E-state index contributed by atoms with van der Waals surface area (Å²) in [6.45, 7) is 7.86. The summed E-state index contributed by atoms with van der Waals surface area (Å²) < 4.78 is 5.88. The predicted octanol–water partition coefficient (Wildman–Crippen LogP) is 3.83. The van der Waals surface area contributed by atoms with Crippen LogP contribution >= 0.6 is 15.9 Å². The number of rotatable bonds is 3. The van der Waals surface area contributed by atoms with E-state index in [1.54, 1.807) is 6.07 Å². The number of aryl methyl sites for hydroxylation is 1. The second-order valence-corrected chi connectivity index (χ2v) is 4.70. The first-order valence-electron chi connectivity index (χ1n) is 4.73. The Balaban J connectivity index is 2.95. The van der Waals surface area contributed by atoms with Crippen LogP contribution in [0.5, 0.6) is 0 Å². The topological polar surface area (TPSA) is 30.2 Å². The fourth-order valence-corrected chi connectivity index (χ4v) is 1.71. The number of carbonyl (C=O) groups is 1. The number of carbonyl (C=O) groups excluding carboxylic acids is 1. The van der Waals surface area contributed by atoms with Crippen LogP contribution in [0.4, 0.5) is 0 Å². The van der Waals surface area contributed by atoms with Crippen LogP contribution < -0.4 is 0 Å². The smallest absolute Gasteiger partial charge is 0.170 e. The molecule has 0 saturated heterocycles. The van der Waals surface area contributed by atoms with Crippen LogP contribution in [0.3, 0.4) is 0 Å². The number of Topliss-reactive ketones (excluding diaryl/α,β-unsaturated/α-hetero) is 1. The predicted molar refractivity (Wildman–Crippen MR) is 59.5 cm³/mol. The second-order valence-electron chi connectivity index (χ2n) is 3.92. The largest absolute Gasteiger partial charge is 0.454 e. The van der Waals surface area contributed by atoms with Gasteiger partial charge in [-0.25, -0.2) is 0 Å². The minimum atomic E-state index is 0.0400. The zero-order chi connectivity index (χ0) is 10.9. The third-order valence-electron chi connectivity index (χ3n) is 2.57. The first kappa shape index (κ1) is 11.5. The molecule has 1 aromatic rings. The fraction of sp³-hybridized carbons (Fsp3) is 0.545. The molecule has 0 N–H and O–H groups in total. The maximum absolute atomic E-state index is 11.9. The lowest BCUT2D eigenvalue weighted by molar-refractivity contribution is 0.0898. The van der Waals surface area contributed by atoms with Crippen LogP contribution in [-0.2, 0) is 0 Å². The Labute approximate surface area is 92.8 Å². The number of furan rings is 1. The highest BCUT2D eigenvalue weighted by atomic mass is 79.9. The molecular weight excluding hydrogens is 244 g/mol. The van der Waals surface area contributed by atoms with E-state index in [-0.39, 0.29) is 11.7 Å². The van der Waals surface area contributed by atoms with Crippen molar-refractivity contribution in [3.63, 3.8) is 0 Å². The van der Waals surface area contributed by atoms with E-state index in [0.29, 0.717) is 21.9 Å².